The van der Waals surface area contributed by atoms with Gasteiger partial charge >= 0.3 is 7.75 Å². The Morgan fingerprint density at radius 1 is 1.44 bits per heavy atom. The number of nitrogens with zero attached hydrogens (tertiary/aromatic N) is 4. The minimum absolute atomic E-state index is 0. The molecule has 0 spiro atoms. The highest BCUT2D eigenvalue weighted by molar-refractivity contribution is 7.50. The van der Waals surface area contributed by atoms with Gasteiger partial charge in [0.05, 0.1) is 19.5 Å². The standard InChI is InChI=1S/C13H24N7O5P.H3N/c1-19(2)5-3-4-16-26(22,23)25-7-6-24-9-20-8-15-10-11(20)17-13(14)18-12(10)21;/h8H,3-7,9H2,1-2H3,(H2,16,22,23)(H3,14,17,18,21);1H3. The van der Waals surface area contributed by atoms with Crippen molar-refractivity contribution < 1.29 is 18.7 Å². The maximum Gasteiger partial charge on any atom is 0.403 e. The van der Waals surface area contributed by atoms with E-state index in [-0.39, 0.29) is 37.6 Å². The number of aromatic nitrogens is 4. The van der Waals surface area contributed by atoms with E-state index >= 15 is 0 Å². The van der Waals surface area contributed by atoms with Crippen LogP contribution in [0.1, 0.15) is 6.42 Å². The number of anilines is 1. The molecule has 0 aliphatic heterocycles. The van der Waals surface area contributed by atoms with Crippen LogP contribution in [0, 0.1) is 0 Å². The lowest BCUT2D eigenvalue weighted by Crippen LogP contribution is -2.21. The third-order valence-electron chi connectivity index (χ3n) is 3.31. The summed E-state index contributed by atoms with van der Waals surface area (Å²) in [6, 6.07) is 0. The number of rotatable bonds is 11. The second-order valence-corrected chi connectivity index (χ2v) is 7.41. The highest BCUT2D eigenvalue weighted by Crippen LogP contribution is 2.36. The molecule has 14 heteroatoms. The van der Waals surface area contributed by atoms with E-state index in [9.17, 15) is 14.3 Å². The van der Waals surface area contributed by atoms with Crippen molar-refractivity contribution in [3.8, 4) is 0 Å². The third-order valence-corrected chi connectivity index (χ3v) is 4.47. The average Bonchev–Trinajstić information content (AvgIpc) is 2.94. The van der Waals surface area contributed by atoms with Crippen LogP contribution < -0.4 is 22.5 Å². The lowest BCUT2D eigenvalue weighted by atomic mass is 10.4. The van der Waals surface area contributed by atoms with Crippen LogP contribution in [0.25, 0.3) is 11.2 Å². The zero-order valence-electron chi connectivity index (χ0n) is 15.4. The van der Waals surface area contributed by atoms with Crippen LogP contribution in [-0.4, -0.2) is 69.7 Å². The molecule has 2 aromatic rings. The van der Waals surface area contributed by atoms with Crippen LogP contribution in [0.2, 0.25) is 0 Å². The van der Waals surface area contributed by atoms with Gasteiger partial charge in [0.15, 0.2) is 11.2 Å². The molecule has 0 fully saturated rings. The van der Waals surface area contributed by atoms with Gasteiger partial charge in [-0.15, -0.1) is 0 Å². The monoisotopic (exact) mass is 406 g/mol. The van der Waals surface area contributed by atoms with Gasteiger partial charge < -0.3 is 26.4 Å². The molecule has 2 rings (SSSR count). The van der Waals surface area contributed by atoms with Crippen molar-refractivity contribution in [1.29, 1.82) is 0 Å². The van der Waals surface area contributed by atoms with E-state index in [2.05, 4.69) is 20.0 Å². The van der Waals surface area contributed by atoms with Crippen LogP contribution in [-0.2, 0) is 20.6 Å². The van der Waals surface area contributed by atoms with Crippen molar-refractivity contribution in [2.45, 2.75) is 13.2 Å². The molecule has 13 nitrogen and oxygen atoms in total. The van der Waals surface area contributed by atoms with Gasteiger partial charge in [0.2, 0.25) is 5.95 Å². The first kappa shape index (κ1) is 23.2. The zero-order chi connectivity index (χ0) is 19.2. The van der Waals surface area contributed by atoms with Crippen LogP contribution in [0.5, 0.6) is 0 Å². The van der Waals surface area contributed by atoms with E-state index in [1.54, 1.807) is 0 Å². The molecule has 0 aromatic carbocycles. The van der Waals surface area contributed by atoms with Gasteiger partial charge in [-0.3, -0.25) is 18.9 Å². The molecule has 0 saturated heterocycles. The number of nitrogen functional groups attached to an aromatic ring is 1. The summed E-state index contributed by atoms with van der Waals surface area (Å²) in [5.74, 6) is -0.0193. The molecule has 0 aliphatic rings. The van der Waals surface area contributed by atoms with E-state index in [1.165, 1.54) is 10.9 Å². The molecule has 0 radical (unpaired) electrons. The van der Waals surface area contributed by atoms with Crippen LogP contribution >= 0.6 is 7.75 Å². The Balaban J connectivity index is 0.00000364. The van der Waals surface area contributed by atoms with Gasteiger partial charge in [0, 0.05) is 6.54 Å². The zero-order valence-corrected chi connectivity index (χ0v) is 16.3. The third kappa shape index (κ3) is 7.34. The smallest absolute Gasteiger partial charge is 0.369 e. The van der Waals surface area contributed by atoms with E-state index < -0.39 is 13.3 Å². The van der Waals surface area contributed by atoms with Gasteiger partial charge in [-0.25, -0.2) is 14.6 Å². The lowest BCUT2D eigenvalue weighted by Gasteiger charge is -2.14. The highest BCUT2D eigenvalue weighted by atomic mass is 31.2. The molecule has 27 heavy (non-hydrogen) atoms. The Hall–Kier alpha value is -1.86. The number of H-pyrrole nitrogens is 1. The molecule has 0 bridgehead atoms. The van der Waals surface area contributed by atoms with E-state index in [0.717, 1.165) is 13.0 Å². The minimum Gasteiger partial charge on any atom is -0.369 e. The number of ether oxygens (including phenoxy) is 1. The normalized spacial score (nSPS) is 13.6. The molecule has 2 aromatic heterocycles. The van der Waals surface area contributed by atoms with Gasteiger partial charge in [0.1, 0.15) is 6.73 Å². The van der Waals surface area contributed by atoms with Gasteiger partial charge in [-0.2, -0.15) is 4.98 Å². The summed E-state index contributed by atoms with van der Waals surface area (Å²) in [4.78, 5) is 33.6. The molecule has 2 heterocycles. The first-order valence-corrected chi connectivity index (χ1v) is 9.52. The molecule has 0 saturated carbocycles. The van der Waals surface area contributed by atoms with Crippen molar-refractivity contribution in [2.75, 3.05) is 46.1 Å². The quantitative estimate of drug-likeness (QED) is 0.238. The SMILES string of the molecule is CN(C)CCCNP(=O)(O)OCCOCn1cnc2c(=O)[nH]c(N)nc21.N. The fraction of sp³-hybridized carbons (Fsp3) is 0.615. The molecule has 1 atom stereocenters. The average molecular weight is 406 g/mol. The summed E-state index contributed by atoms with van der Waals surface area (Å²) in [6.45, 7) is 1.22. The number of imidazole rings is 1. The summed E-state index contributed by atoms with van der Waals surface area (Å²) in [7, 11) is 0.00593. The minimum atomic E-state index is -3.85. The predicted molar refractivity (Wildman–Crippen MR) is 100 cm³/mol. The van der Waals surface area contributed by atoms with Crippen LogP contribution in [0.15, 0.2) is 11.1 Å². The number of nitrogens with two attached hydrogens (primary N) is 1. The summed E-state index contributed by atoms with van der Waals surface area (Å²) in [6.07, 6.45) is 2.12. The van der Waals surface area contributed by atoms with Crippen molar-refractivity contribution >= 4 is 24.9 Å². The largest absolute Gasteiger partial charge is 0.403 e. The van der Waals surface area contributed by atoms with Crippen molar-refractivity contribution in [1.82, 2.24) is 35.7 Å². The second-order valence-electron chi connectivity index (χ2n) is 5.79. The first-order chi connectivity index (χ1) is 12.3. The molecule has 0 amide bonds. The Kier molecular flexibility index (Phi) is 8.99. The fourth-order valence-electron chi connectivity index (χ4n) is 2.11. The molecular weight excluding hydrogens is 379 g/mol. The number of nitrogens with one attached hydrogen (secondary N) is 2. The number of aromatic amines is 1. The molecule has 0 aliphatic carbocycles. The molecule has 8 N–H and O–H groups in total. The van der Waals surface area contributed by atoms with Crippen molar-refractivity contribution in [2.24, 2.45) is 0 Å². The molecule has 154 valence electrons. The molecular formula is C13H27N8O5P. The van der Waals surface area contributed by atoms with Crippen LogP contribution in [0.4, 0.5) is 5.95 Å². The summed E-state index contributed by atoms with van der Waals surface area (Å²) < 4.78 is 23.6. The summed E-state index contributed by atoms with van der Waals surface area (Å²) in [5.41, 5.74) is 5.52. The summed E-state index contributed by atoms with van der Waals surface area (Å²) >= 11 is 0. The molecule has 1 unspecified atom stereocenters. The van der Waals surface area contributed by atoms with E-state index in [0.29, 0.717) is 12.2 Å². The van der Waals surface area contributed by atoms with Crippen molar-refractivity contribution in [3.05, 3.63) is 16.7 Å². The fourth-order valence-corrected chi connectivity index (χ4v) is 2.96. The maximum atomic E-state index is 11.8. The van der Waals surface area contributed by atoms with E-state index in [4.69, 9.17) is 15.0 Å². The number of hydrogen-bond donors (Lipinski definition) is 5. The number of hydrogen-bond acceptors (Lipinski definition) is 9. The lowest BCUT2D eigenvalue weighted by molar-refractivity contribution is 0.0522. The Morgan fingerprint density at radius 2 is 2.19 bits per heavy atom. The number of fused-ring (bicyclic) bond motifs is 1. The Labute approximate surface area is 156 Å². The predicted octanol–water partition coefficient (Wildman–Crippen LogP) is -0.504. The highest BCUT2D eigenvalue weighted by Gasteiger charge is 2.17. The first-order valence-electron chi connectivity index (χ1n) is 7.94. The Bertz CT molecular complexity index is 823. The van der Waals surface area contributed by atoms with Gasteiger partial charge in [-0.1, -0.05) is 0 Å². The Morgan fingerprint density at radius 3 is 2.89 bits per heavy atom. The summed E-state index contributed by atoms with van der Waals surface area (Å²) in [5, 5.41) is 2.48. The maximum absolute atomic E-state index is 11.8. The topological polar surface area (TPSA) is 196 Å². The van der Waals surface area contributed by atoms with E-state index in [1.807, 2.05) is 19.0 Å². The van der Waals surface area contributed by atoms with Crippen LogP contribution in [0.3, 0.4) is 0 Å². The van der Waals surface area contributed by atoms with Gasteiger partial charge in [-0.05, 0) is 27.1 Å². The second kappa shape index (κ2) is 10.5. The van der Waals surface area contributed by atoms with Crippen molar-refractivity contribution in [3.63, 3.8) is 0 Å². The van der Waals surface area contributed by atoms with Gasteiger partial charge in [0.25, 0.3) is 5.56 Å².